The maximum absolute atomic E-state index is 12.8. The molecule has 0 aliphatic carbocycles. The van der Waals surface area contributed by atoms with E-state index in [1.165, 1.54) is 19.2 Å². The summed E-state index contributed by atoms with van der Waals surface area (Å²) in [6, 6.07) is 13.8. The molecule has 2 aromatic carbocycles. The van der Waals surface area contributed by atoms with Crippen molar-refractivity contribution in [1.29, 1.82) is 0 Å². The normalized spacial score (nSPS) is 21.1. The van der Waals surface area contributed by atoms with Gasteiger partial charge < -0.3 is 14.6 Å². The largest absolute Gasteiger partial charge is 0.508 e. The lowest BCUT2D eigenvalue weighted by Crippen LogP contribution is -2.46. The highest BCUT2D eigenvalue weighted by molar-refractivity contribution is 6.06. The summed E-state index contributed by atoms with van der Waals surface area (Å²) in [6.45, 7) is 0.0861. The first-order valence-electron chi connectivity index (χ1n) is 6.29. The van der Waals surface area contributed by atoms with Gasteiger partial charge in [0.25, 0.3) is 0 Å². The molecule has 20 heavy (non-hydrogen) atoms. The molecule has 0 spiro atoms. The van der Waals surface area contributed by atoms with E-state index in [-0.39, 0.29) is 18.1 Å². The van der Waals surface area contributed by atoms with Gasteiger partial charge in [0.15, 0.2) is 5.60 Å². The molecule has 102 valence electrons. The molecule has 1 unspecified atom stereocenters. The first-order chi connectivity index (χ1) is 9.67. The predicted octanol–water partition coefficient (Wildman–Crippen LogP) is 2.51. The van der Waals surface area contributed by atoms with E-state index in [1.54, 1.807) is 6.07 Å². The van der Waals surface area contributed by atoms with Crippen LogP contribution in [-0.4, -0.2) is 24.6 Å². The predicted molar refractivity (Wildman–Crippen MR) is 73.1 cm³/mol. The van der Waals surface area contributed by atoms with E-state index in [4.69, 9.17) is 9.47 Å². The summed E-state index contributed by atoms with van der Waals surface area (Å²) < 4.78 is 11.2. The fourth-order valence-corrected chi connectivity index (χ4v) is 2.47. The van der Waals surface area contributed by atoms with Crippen molar-refractivity contribution in [2.75, 3.05) is 13.7 Å². The van der Waals surface area contributed by atoms with Gasteiger partial charge in [-0.15, -0.1) is 0 Å². The standard InChI is InChI=1S/C16H14O4/c1-19-16(11-5-3-2-4-6-11)10-20-14-9-12(17)7-8-13(14)15(16)18/h2-9,17H,10H2,1H3. The van der Waals surface area contributed by atoms with E-state index < -0.39 is 5.60 Å². The molecular formula is C16H14O4. The second-order valence-corrected chi connectivity index (χ2v) is 4.70. The Hall–Kier alpha value is -2.33. The molecule has 1 N–H and O–H groups in total. The zero-order valence-corrected chi connectivity index (χ0v) is 11.0. The Balaban J connectivity index is 2.12. The van der Waals surface area contributed by atoms with Crippen LogP contribution in [0.5, 0.6) is 11.5 Å². The van der Waals surface area contributed by atoms with Crippen LogP contribution in [-0.2, 0) is 10.3 Å². The van der Waals surface area contributed by atoms with Crippen LogP contribution in [0.15, 0.2) is 48.5 Å². The monoisotopic (exact) mass is 270 g/mol. The molecule has 0 amide bonds. The van der Waals surface area contributed by atoms with Crippen molar-refractivity contribution in [2.45, 2.75) is 5.60 Å². The third-order valence-electron chi connectivity index (χ3n) is 3.60. The minimum absolute atomic E-state index is 0.0705. The quantitative estimate of drug-likeness (QED) is 0.911. The molecular weight excluding hydrogens is 256 g/mol. The van der Waals surface area contributed by atoms with Crippen molar-refractivity contribution in [1.82, 2.24) is 0 Å². The van der Waals surface area contributed by atoms with Crippen LogP contribution in [0.25, 0.3) is 0 Å². The molecule has 3 rings (SSSR count). The maximum Gasteiger partial charge on any atom is 0.206 e. The summed E-state index contributed by atoms with van der Waals surface area (Å²) in [5, 5.41) is 9.46. The van der Waals surface area contributed by atoms with Gasteiger partial charge in [-0.05, 0) is 17.7 Å². The van der Waals surface area contributed by atoms with Crippen LogP contribution in [0.4, 0.5) is 0 Å². The van der Waals surface area contributed by atoms with Gasteiger partial charge in [-0.25, -0.2) is 0 Å². The Kier molecular flexibility index (Phi) is 2.95. The van der Waals surface area contributed by atoms with Crippen molar-refractivity contribution in [3.63, 3.8) is 0 Å². The van der Waals surface area contributed by atoms with Crippen molar-refractivity contribution in [3.8, 4) is 11.5 Å². The SMILES string of the molecule is COC1(c2ccccc2)COc2cc(O)ccc2C1=O. The van der Waals surface area contributed by atoms with Gasteiger partial charge in [0, 0.05) is 13.2 Å². The first-order valence-corrected chi connectivity index (χ1v) is 6.29. The molecule has 0 aromatic heterocycles. The summed E-state index contributed by atoms with van der Waals surface area (Å²) in [5.74, 6) is 0.298. The number of phenols is 1. The van der Waals surface area contributed by atoms with E-state index in [0.29, 0.717) is 11.3 Å². The fraction of sp³-hybridized carbons (Fsp3) is 0.188. The summed E-state index contributed by atoms with van der Waals surface area (Å²) >= 11 is 0. The highest BCUT2D eigenvalue weighted by Gasteiger charge is 2.46. The van der Waals surface area contributed by atoms with Crippen LogP contribution < -0.4 is 4.74 Å². The van der Waals surface area contributed by atoms with E-state index in [1.807, 2.05) is 30.3 Å². The van der Waals surface area contributed by atoms with Crippen LogP contribution in [0, 0.1) is 0 Å². The van der Waals surface area contributed by atoms with Gasteiger partial charge in [0.2, 0.25) is 5.78 Å². The summed E-state index contributed by atoms with van der Waals surface area (Å²) in [6.07, 6.45) is 0. The van der Waals surface area contributed by atoms with Crippen LogP contribution in [0.1, 0.15) is 15.9 Å². The number of fused-ring (bicyclic) bond motifs is 1. The molecule has 0 fully saturated rings. The van der Waals surface area contributed by atoms with Crippen LogP contribution in [0.3, 0.4) is 0 Å². The number of rotatable bonds is 2. The molecule has 0 bridgehead atoms. The topological polar surface area (TPSA) is 55.8 Å². The van der Waals surface area contributed by atoms with Crippen molar-refractivity contribution < 1.29 is 19.4 Å². The lowest BCUT2D eigenvalue weighted by Gasteiger charge is -2.35. The molecule has 0 radical (unpaired) electrons. The molecule has 4 nitrogen and oxygen atoms in total. The fourth-order valence-electron chi connectivity index (χ4n) is 2.47. The van der Waals surface area contributed by atoms with Crippen molar-refractivity contribution in [2.24, 2.45) is 0 Å². The number of hydrogen-bond acceptors (Lipinski definition) is 4. The smallest absolute Gasteiger partial charge is 0.206 e. The number of carbonyl (C=O) groups excluding carboxylic acids is 1. The Morgan fingerprint density at radius 1 is 1.20 bits per heavy atom. The second-order valence-electron chi connectivity index (χ2n) is 4.70. The van der Waals surface area contributed by atoms with E-state index in [0.717, 1.165) is 5.56 Å². The third-order valence-corrected chi connectivity index (χ3v) is 3.60. The van der Waals surface area contributed by atoms with Gasteiger partial charge in [0.1, 0.15) is 18.1 Å². The van der Waals surface area contributed by atoms with E-state index >= 15 is 0 Å². The summed E-state index contributed by atoms with van der Waals surface area (Å²) in [7, 11) is 1.50. The minimum Gasteiger partial charge on any atom is -0.508 e. The number of Topliss-reactive ketones (excluding diaryl/α,β-unsaturated/α-hetero) is 1. The maximum atomic E-state index is 12.8. The second kappa shape index (κ2) is 4.65. The molecule has 0 saturated heterocycles. The number of ketones is 1. The van der Waals surface area contributed by atoms with Crippen molar-refractivity contribution in [3.05, 3.63) is 59.7 Å². The number of phenolic OH excluding ortho intramolecular Hbond substituents is 1. The Morgan fingerprint density at radius 2 is 1.95 bits per heavy atom. The van der Waals surface area contributed by atoms with E-state index in [2.05, 4.69) is 0 Å². The minimum atomic E-state index is -1.13. The molecule has 1 heterocycles. The Bertz CT molecular complexity index is 651. The molecule has 4 heteroatoms. The van der Waals surface area contributed by atoms with Gasteiger partial charge in [-0.3, -0.25) is 4.79 Å². The molecule has 2 aromatic rings. The molecule has 1 aliphatic rings. The number of aromatic hydroxyl groups is 1. The Morgan fingerprint density at radius 3 is 2.65 bits per heavy atom. The average molecular weight is 270 g/mol. The lowest BCUT2D eigenvalue weighted by molar-refractivity contribution is -0.0345. The lowest BCUT2D eigenvalue weighted by atomic mass is 9.84. The molecule has 1 atom stereocenters. The number of methoxy groups -OCH3 is 1. The highest BCUT2D eigenvalue weighted by atomic mass is 16.5. The van der Waals surface area contributed by atoms with Crippen molar-refractivity contribution >= 4 is 5.78 Å². The van der Waals surface area contributed by atoms with Gasteiger partial charge >= 0.3 is 0 Å². The number of ether oxygens (including phenoxy) is 2. The zero-order valence-electron chi connectivity index (χ0n) is 11.0. The third kappa shape index (κ3) is 1.77. The number of hydrogen-bond donors (Lipinski definition) is 1. The van der Waals surface area contributed by atoms with Crippen LogP contribution in [0.2, 0.25) is 0 Å². The van der Waals surface area contributed by atoms with Gasteiger partial charge in [0.05, 0.1) is 5.56 Å². The summed E-state index contributed by atoms with van der Waals surface area (Å²) in [5.41, 5.74) is 0.0385. The first kappa shape index (κ1) is 12.7. The average Bonchev–Trinajstić information content (AvgIpc) is 2.49. The summed E-state index contributed by atoms with van der Waals surface area (Å²) in [4.78, 5) is 12.8. The van der Waals surface area contributed by atoms with Crippen LogP contribution >= 0.6 is 0 Å². The van der Waals surface area contributed by atoms with Gasteiger partial charge in [-0.2, -0.15) is 0 Å². The van der Waals surface area contributed by atoms with E-state index in [9.17, 15) is 9.90 Å². The number of carbonyl (C=O) groups is 1. The highest BCUT2D eigenvalue weighted by Crippen LogP contribution is 2.39. The zero-order chi connectivity index (χ0) is 14.2. The van der Waals surface area contributed by atoms with Gasteiger partial charge in [-0.1, -0.05) is 30.3 Å². The molecule has 1 aliphatic heterocycles. The Labute approximate surface area is 116 Å². The molecule has 0 saturated carbocycles. The number of benzene rings is 2.